The molecular formula is C21H16BrFN6. The van der Waals surface area contributed by atoms with Crippen LogP contribution in [0, 0.1) is 5.82 Å². The fourth-order valence-electron chi connectivity index (χ4n) is 3.43. The Balaban J connectivity index is 1.46. The number of hydrogen-bond acceptors (Lipinski definition) is 4. The average Bonchev–Trinajstić information content (AvgIpc) is 3.32. The van der Waals surface area contributed by atoms with Crippen molar-refractivity contribution in [3.63, 3.8) is 0 Å². The van der Waals surface area contributed by atoms with Crippen LogP contribution in [0.15, 0.2) is 65.7 Å². The van der Waals surface area contributed by atoms with Gasteiger partial charge in [-0.3, -0.25) is 4.98 Å². The van der Waals surface area contributed by atoms with Gasteiger partial charge in [0.2, 0.25) is 0 Å². The molecule has 0 saturated heterocycles. The second-order valence-corrected chi connectivity index (χ2v) is 7.54. The highest BCUT2D eigenvalue weighted by Gasteiger charge is 2.12. The van der Waals surface area contributed by atoms with Crippen LogP contribution in [0.2, 0.25) is 0 Å². The standard InChI is InChI=1S/C21H16BrFN6/c22-17-12-27-29-20(8-19(28-21(17)29)14-7-15(23)11-24-9-14)25-6-5-13-10-26-18-4-2-1-3-16(13)18/h1-4,7-12,25-26H,5-6H2. The summed E-state index contributed by atoms with van der Waals surface area (Å²) < 4.78 is 16.1. The highest BCUT2D eigenvalue weighted by atomic mass is 79.9. The van der Waals surface area contributed by atoms with Gasteiger partial charge in [-0.15, -0.1) is 0 Å². The number of nitrogens with zero attached hydrogens (tertiary/aromatic N) is 4. The van der Waals surface area contributed by atoms with Crippen molar-refractivity contribution < 1.29 is 4.39 Å². The lowest BCUT2D eigenvalue weighted by molar-refractivity contribution is 0.622. The lowest BCUT2D eigenvalue weighted by Crippen LogP contribution is -2.10. The van der Waals surface area contributed by atoms with E-state index in [1.165, 1.54) is 23.2 Å². The van der Waals surface area contributed by atoms with Crippen molar-refractivity contribution in [3.05, 3.63) is 77.0 Å². The summed E-state index contributed by atoms with van der Waals surface area (Å²) in [6.45, 7) is 0.708. The Kier molecular flexibility index (Phi) is 4.48. The van der Waals surface area contributed by atoms with Crippen molar-refractivity contribution in [1.29, 1.82) is 0 Å². The molecule has 0 atom stereocenters. The van der Waals surface area contributed by atoms with Crippen LogP contribution in [0.5, 0.6) is 0 Å². The van der Waals surface area contributed by atoms with E-state index in [1.807, 2.05) is 24.4 Å². The van der Waals surface area contributed by atoms with Crippen LogP contribution in [0.4, 0.5) is 10.2 Å². The van der Waals surface area contributed by atoms with E-state index in [-0.39, 0.29) is 0 Å². The number of H-pyrrole nitrogens is 1. The molecule has 0 fully saturated rings. The number of aromatic nitrogens is 5. The highest BCUT2D eigenvalue weighted by Crippen LogP contribution is 2.26. The third-order valence-electron chi connectivity index (χ3n) is 4.80. The van der Waals surface area contributed by atoms with Crippen LogP contribution in [0.1, 0.15) is 5.56 Å². The number of benzene rings is 1. The molecule has 8 heteroatoms. The molecule has 0 aliphatic heterocycles. The number of anilines is 1. The van der Waals surface area contributed by atoms with Crippen molar-refractivity contribution in [3.8, 4) is 11.3 Å². The molecule has 5 aromatic rings. The zero-order valence-electron chi connectivity index (χ0n) is 15.2. The third kappa shape index (κ3) is 3.36. The minimum Gasteiger partial charge on any atom is -0.370 e. The summed E-state index contributed by atoms with van der Waals surface area (Å²) in [7, 11) is 0. The lowest BCUT2D eigenvalue weighted by atomic mass is 10.1. The van der Waals surface area contributed by atoms with E-state index in [0.29, 0.717) is 23.4 Å². The predicted octanol–water partition coefficient (Wildman–Crippen LogP) is 4.83. The van der Waals surface area contributed by atoms with Gasteiger partial charge in [0.15, 0.2) is 5.65 Å². The van der Waals surface area contributed by atoms with Crippen LogP contribution in [-0.2, 0) is 6.42 Å². The molecule has 0 bridgehead atoms. The maximum Gasteiger partial charge on any atom is 0.172 e. The highest BCUT2D eigenvalue weighted by molar-refractivity contribution is 9.10. The zero-order chi connectivity index (χ0) is 19.8. The first-order valence-electron chi connectivity index (χ1n) is 9.13. The van der Waals surface area contributed by atoms with E-state index in [2.05, 4.69) is 53.4 Å². The van der Waals surface area contributed by atoms with Crippen LogP contribution >= 0.6 is 15.9 Å². The van der Waals surface area contributed by atoms with Gasteiger partial charge in [0.25, 0.3) is 0 Å². The first-order chi connectivity index (χ1) is 14.2. The molecule has 144 valence electrons. The minimum absolute atomic E-state index is 0.398. The van der Waals surface area contributed by atoms with E-state index >= 15 is 0 Å². The van der Waals surface area contributed by atoms with Crippen LogP contribution in [-0.4, -0.2) is 31.1 Å². The number of halogens is 2. The normalized spacial score (nSPS) is 11.4. The van der Waals surface area contributed by atoms with E-state index in [9.17, 15) is 4.39 Å². The summed E-state index contributed by atoms with van der Waals surface area (Å²) in [5.74, 6) is 0.380. The molecule has 0 radical (unpaired) electrons. The minimum atomic E-state index is -0.398. The molecule has 5 rings (SSSR count). The van der Waals surface area contributed by atoms with Gasteiger partial charge in [0.05, 0.1) is 22.6 Å². The second-order valence-electron chi connectivity index (χ2n) is 6.68. The molecule has 29 heavy (non-hydrogen) atoms. The van der Waals surface area contributed by atoms with Gasteiger partial charge in [0.1, 0.15) is 11.6 Å². The predicted molar refractivity (Wildman–Crippen MR) is 114 cm³/mol. The van der Waals surface area contributed by atoms with Crippen molar-refractivity contribution in [1.82, 2.24) is 24.6 Å². The summed E-state index contributed by atoms with van der Waals surface area (Å²) in [5.41, 5.74) is 4.27. The first kappa shape index (κ1) is 17.8. The van der Waals surface area contributed by atoms with Crippen molar-refractivity contribution in [2.45, 2.75) is 6.42 Å². The summed E-state index contributed by atoms with van der Waals surface area (Å²) in [4.78, 5) is 11.8. The maximum absolute atomic E-state index is 13.6. The van der Waals surface area contributed by atoms with E-state index in [0.717, 1.165) is 22.2 Å². The van der Waals surface area contributed by atoms with Crippen molar-refractivity contribution in [2.75, 3.05) is 11.9 Å². The Labute approximate surface area is 173 Å². The van der Waals surface area contributed by atoms with E-state index in [1.54, 1.807) is 16.9 Å². The van der Waals surface area contributed by atoms with Gasteiger partial charge in [0, 0.05) is 41.5 Å². The van der Waals surface area contributed by atoms with Crippen LogP contribution in [0.3, 0.4) is 0 Å². The molecule has 0 aliphatic rings. The number of pyridine rings is 1. The van der Waals surface area contributed by atoms with Crippen LogP contribution < -0.4 is 5.32 Å². The van der Waals surface area contributed by atoms with Gasteiger partial charge in [-0.1, -0.05) is 18.2 Å². The number of para-hydroxylation sites is 1. The maximum atomic E-state index is 13.6. The Morgan fingerprint density at radius 3 is 2.93 bits per heavy atom. The average molecular weight is 451 g/mol. The largest absolute Gasteiger partial charge is 0.370 e. The Morgan fingerprint density at radius 2 is 2.03 bits per heavy atom. The smallest absolute Gasteiger partial charge is 0.172 e. The SMILES string of the molecule is Fc1cncc(-c2cc(NCCc3c[nH]c4ccccc34)n3ncc(Br)c3n2)c1. The van der Waals surface area contributed by atoms with Gasteiger partial charge in [-0.25, -0.2) is 9.37 Å². The van der Waals surface area contributed by atoms with Gasteiger partial charge < -0.3 is 10.3 Å². The fourth-order valence-corrected chi connectivity index (χ4v) is 3.77. The van der Waals surface area contributed by atoms with E-state index < -0.39 is 5.82 Å². The number of fused-ring (bicyclic) bond motifs is 2. The second kappa shape index (κ2) is 7.29. The molecule has 0 amide bonds. The van der Waals surface area contributed by atoms with Gasteiger partial charge in [-0.05, 0) is 40.0 Å². The lowest BCUT2D eigenvalue weighted by Gasteiger charge is -2.11. The molecule has 4 heterocycles. The molecular weight excluding hydrogens is 435 g/mol. The summed E-state index contributed by atoms with van der Waals surface area (Å²) in [6, 6.07) is 11.5. The molecule has 4 aromatic heterocycles. The quantitative estimate of drug-likeness (QED) is 0.402. The Morgan fingerprint density at radius 1 is 1.14 bits per heavy atom. The van der Waals surface area contributed by atoms with E-state index in [4.69, 9.17) is 0 Å². The first-order valence-corrected chi connectivity index (χ1v) is 9.92. The van der Waals surface area contributed by atoms with Gasteiger partial charge >= 0.3 is 0 Å². The molecule has 6 nitrogen and oxygen atoms in total. The van der Waals surface area contributed by atoms with Crippen molar-refractivity contribution >= 4 is 38.3 Å². The molecule has 0 spiro atoms. The monoisotopic (exact) mass is 450 g/mol. The Bertz CT molecular complexity index is 1330. The molecule has 2 N–H and O–H groups in total. The molecule has 0 unspecified atom stereocenters. The molecule has 0 aliphatic carbocycles. The Hall–Kier alpha value is -3.26. The van der Waals surface area contributed by atoms with Crippen molar-refractivity contribution in [2.24, 2.45) is 0 Å². The van der Waals surface area contributed by atoms with Crippen LogP contribution in [0.25, 0.3) is 27.8 Å². The zero-order valence-corrected chi connectivity index (χ0v) is 16.8. The molecule has 1 aromatic carbocycles. The number of hydrogen-bond donors (Lipinski definition) is 2. The van der Waals surface area contributed by atoms with Gasteiger partial charge in [-0.2, -0.15) is 9.61 Å². The third-order valence-corrected chi connectivity index (χ3v) is 5.36. The molecule has 0 saturated carbocycles. The fraction of sp³-hybridized carbons (Fsp3) is 0.0952. The summed E-state index contributed by atoms with van der Waals surface area (Å²) in [5, 5.41) is 9.05. The summed E-state index contributed by atoms with van der Waals surface area (Å²) >= 11 is 3.48. The number of nitrogens with one attached hydrogen (secondary N) is 2. The summed E-state index contributed by atoms with van der Waals surface area (Å²) in [6.07, 6.45) is 7.36. The number of aromatic amines is 1. The topological polar surface area (TPSA) is 70.9 Å². The number of rotatable bonds is 5.